The standard InChI is InChI=1S/C39H50ClN7O/c1-38(2,31-22-32(40)24-34(23-31)41-3)30-4-6-36(7-5-30)48-28-33-10-15-43-37(44-33)47-20-18-46(19-21-47)35-25-39(26-35)11-16-45(17-12-39)27-29-8-13-42-14-9-29/h4-7,10,15,22-24,29,35,42H,8-9,11-14,16-21,25-28H2,1-2H3. The zero-order chi connectivity index (χ0) is 33.1. The van der Waals surface area contributed by atoms with Crippen LogP contribution >= 0.6 is 11.6 Å². The molecule has 1 aliphatic carbocycles. The predicted octanol–water partition coefficient (Wildman–Crippen LogP) is 6.95. The van der Waals surface area contributed by atoms with E-state index in [-0.39, 0.29) is 5.41 Å². The lowest BCUT2D eigenvalue weighted by Crippen LogP contribution is -2.59. The number of hydrogen-bond donors (Lipinski definition) is 1. The van der Waals surface area contributed by atoms with Crippen LogP contribution in [-0.2, 0) is 12.0 Å². The summed E-state index contributed by atoms with van der Waals surface area (Å²) in [5.74, 6) is 2.50. The second kappa shape index (κ2) is 14.3. The summed E-state index contributed by atoms with van der Waals surface area (Å²) in [5.41, 5.74) is 3.88. The molecule has 3 aliphatic heterocycles. The van der Waals surface area contributed by atoms with Crippen molar-refractivity contribution in [2.45, 2.75) is 70.4 Å². The van der Waals surface area contributed by atoms with Crippen LogP contribution in [0.4, 0.5) is 11.6 Å². The van der Waals surface area contributed by atoms with Crippen molar-refractivity contribution in [1.82, 2.24) is 25.1 Å². The number of piperazine rings is 1. The van der Waals surface area contributed by atoms with E-state index in [9.17, 15) is 0 Å². The van der Waals surface area contributed by atoms with E-state index in [1.165, 1.54) is 71.2 Å². The van der Waals surface area contributed by atoms with E-state index in [1.54, 1.807) is 6.07 Å². The highest BCUT2D eigenvalue weighted by Crippen LogP contribution is 2.51. The Balaban J connectivity index is 0.862. The van der Waals surface area contributed by atoms with Gasteiger partial charge in [0.25, 0.3) is 0 Å². The van der Waals surface area contributed by atoms with Gasteiger partial charge in [-0.2, -0.15) is 0 Å². The van der Waals surface area contributed by atoms with Gasteiger partial charge in [0.05, 0.1) is 12.3 Å². The van der Waals surface area contributed by atoms with E-state index in [1.807, 2.05) is 36.5 Å². The molecule has 2 aromatic carbocycles. The maximum atomic E-state index is 7.39. The van der Waals surface area contributed by atoms with Crippen LogP contribution < -0.4 is 15.0 Å². The van der Waals surface area contributed by atoms with E-state index in [0.29, 0.717) is 22.7 Å². The van der Waals surface area contributed by atoms with Crippen LogP contribution in [0.1, 0.15) is 69.2 Å². The Kier molecular flexibility index (Phi) is 9.94. The normalized spacial score (nSPS) is 21.2. The third-order valence-corrected chi connectivity index (χ3v) is 12.0. The number of benzene rings is 2. The average molecular weight is 668 g/mol. The van der Waals surface area contributed by atoms with Gasteiger partial charge in [0.2, 0.25) is 5.95 Å². The summed E-state index contributed by atoms with van der Waals surface area (Å²) >= 11 is 6.30. The average Bonchev–Trinajstić information content (AvgIpc) is 3.11. The molecule has 4 aliphatic rings. The van der Waals surface area contributed by atoms with Crippen LogP contribution in [0, 0.1) is 17.9 Å². The smallest absolute Gasteiger partial charge is 0.225 e. The molecule has 254 valence electrons. The summed E-state index contributed by atoms with van der Waals surface area (Å²) in [6.45, 7) is 22.5. The number of anilines is 1. The largest absolute Gasteiger partial charge is 0.487 e. The summed E-state index contributed by atoms with van der Waals surface area (Å²) in [5, 5.41) is 4.09. The number of likely N-dealkylation sites (tertiary alicyclic amines) is 1. The highest BCUT2D eigenvalue weighted by Gasteiger charge is 2.48. The lowest BCUT2D eigenvalue weighted by atomic mass is 9.60. The molecule has 9 heteroatoms. The zero-order valence-electron chi connectivity index (χ0n) is 28.6. The second-order valence-corrected chi connectivity index (χ2v) is 15.6. The number of nitrogens with one attached hydrogen (secondary N) is 1. The van der Waals surface area contributed by atoms with Gasteiger partial charge in [-0.1, -0.05) is 43.6 Å². The zero-order valence-corrected chi connectivity index (χ0v) is 29.4. The van der Waals surface area contributed by atoms with Gasteiger partial charge >= 0.3 is 0 Å². The topological polar surface area (TPSA) is 61.1 Å². The molecule has 48 heavy (non-hydrogen) atoms. The molecule has 1 saturated carbocycles. The number of aromatic nitrogens is 2. The van der Waals surface area contributed by atoms with Crippen molar-refractivity contribution in [3.63, 3.8) is 0 Å². The van der Waals surface area contributed by atoms with Crippen molar-refractivity contribution < 1.29 is 4.74 Å². The monoisotopic (exact) mass is 667 g/mol. The molecular weight excluding hydrogens is 618 g/mol. The first kappa shape index (κ1) is 33.3. The summed E-state index contributed by atoms with van der Waals surface area (Å²) in [6.07, 6.45) is 10.1. The Morgan fingerprint density at radius 1 is 0.958 bits per heavy atom. The third kappa shape index (κ3) is 7.50. The van der Waals surface area contributed by atoms with E-state index in [0.717, 1.165) is 66.7 Å². The SMILES string of the molecule is [C-]#[N+]c1cc(Cl)cc(C(C)(C)c2ccc(OCc3ccnc(N4CCN(C5CC6(CCN(CC7CCNCC7)CC6)C5)CC4)n3)cc2)c1. The lowest BCUT2D eigenvalue weighted by Gasteiger charge is -2.56. The van der Waals surface area contributed by atoms with Gasteiger partial charge in [-0.15, -0.1) is 0 Å². The van der Waals surface area contributed by atoms with Crippen LogP contribution in [0.3, 0.4) is 0 Å². The molecular formula is C39H50ClN7O. The molecule has 4 fully saturated rings. The molecule has 0 atom stereocenters. The van der Waals surface area contributed by atoms with Gasteiger partial charge in [-0.3, -0.25) is 4.90 Å². The molecule has 8 nitrogen and oxygen atoms in total. The Morgan fingerprint density at radius 2 is 1.69 bits per heavy atom. The summed E-state index contributed by atoms with van der Waals surface area (Å²) in [6, 6.07) is 16.4. The van der Waals surface area contributed by atoms with Gasteiger partial charge in [0, 0.05) is 55.4 Å². The molecule has 7 rings (SSSR count). The summed E-state index contributed by atoms with van der Waals surface area (Å²) in [4.78, 5) is 20.9. The highest BCUT2D eigenvalue weighted by atomic mass is 35.5. The number of nitrogens with zero attached hydrogens (tertiary/aromatic N) is 6. The Bertz CT molecular complexity index is 1570. The fourth-order valence-electron chi connectivity index (χ4n) is 8.44. The molecule has 1 spiro atoms. The number of halogens is 1. The number of piperidine rings is 2. The minimum Gasteiger partial charge on any atom is -0.487 e. The first-order valence-corrected chi connectivity index (χ1v) is 18.3. The van der Waals surface area contributed by atoms with Crippen molar-refractivity contribution in [3.8, 4) is 5.75 Å². The Morgan fingerprint density at radius 3 is 2.40 bits per heavy atom. The molecule has 0 amide bonds. The van der Waals surface area contributed by atoms with Gasteiger partial charge < -0.3 is 19.9 Å². The van der Waals surface area contributed by atoms with E-state index in [4.69, 9.17) is 27.9 Å². The first-order chi connectivity index (χ1) is 23.3. The van der Waals surface area contributed by atoms with Crippen LogP contribution in [0.2, 0.25) is 5.02 Å². The van der Waals surface area contributed by atoms with Crippen LogP contribution in [0.15, 0.2) is 54.7 Å². The number of ether oxygens (including phenoxy) is 1. The van der Waals surface area contributed by atoms with Crippen molar-refractivity contribution in [2.75, 3.05) is 63.8 Å². The van der Waals surface area contributed by atoms with Crippen LogP contribution in [0.5, 0.6) is 5.75 Å². The van der Waals surface area contributed by atoms with E-state index in [2.05, 4.69) is 55.8 Å². The summed E-state index contributed by atoms with van der Waals surface area (Å²) < 4.78 is 6.15. The van der Waals surface area contributed by atoms with Gasteiger partial charge in [-0.25, -0.2) is 14.8 Å². The maximum Gasteiger partial charge on any atom is 0.225 e. The Hall–Kier alpha value is -3.22. The second-order valence-electron chi connectivity index (χ2n) is 15.2. The molecule has 1 N–H and O–H groups in total. The minimum atomic E-state index is -0.307. The fourth-order valence-corrected chi connectivity index (χ4v) is 8.67. The van der Waals surface area contributed by atoms with E-state index >= 15 is 0 Å². The number of hydrogen-bond acceptors (Lipinski definition) is 7. The van der Waals surface area contributed by atoms with Gasteiger partial charge in [-0.05, 0) is 117 Å². The molecule has 4 heterocycles. The molecule has 1 aromatic heterocycles. The lowest BCUT2D eigenvalue weighted by molar-refractivity contribution is -0.0466. The molecule has 0 bridgehead atoms. The fraction of sp³-hybridized carbons (Fsp3) is 0.564. The third-order valence-electron chi connectivity index (χ3n) is 11.7. The summed E-state index contributed by atoms with van der Waals surface area (Å²) in [7, 11) is 0. The van der Waals surface area contributed by atoms with Gasteiger partial charge in [0.15, 0.2) is 5.69 Å². The van der Waals surface area contributed by atoms with Crippen molar-refractivity contribution in [3.05, 3.63) is 88.0 Å². The van der Waals surface area contributed by atoms with Crippen molar-refractivity contribution in [2.24, 2.45) is 11.3 Å². The molecule has 3 aromatic rings. The minimum absolute atomic E-state index is 0.307. The molecule has 0 unspecified atom stereocenters. The van der Waals surface area contributed by atoms with Crippen LogP contribution in [-0.4, -0.2) is 84.7 Å². The van der Waals surface area contributed by atoms with Gasteiger partial charge in [0.1, 0.15) is 12.4 Å². The Labute approximate surface area is 291 Å². The van der Waals surface area contributed by atoms with E-state index < -0.39 is 0 Å². The van der Waals surface area contributed by atoms with Crippen LogP contribution in [0.25, 0.3) is 4.85 Å². The highest BCUT2D eigenvalue weighted by molar-refractivity contribution is 6.31. The molecule has 0 radical (unpaired) electrons. The number of rotatable bonds is 9. The maximum absolute atomic E-state index is 7.39. The predicted molar refractivity (Wildman–Crippen MR) is 193 cm³/mol. The molecule has 3 saturated heterocycles. The van der Waals surface area contributed by atoms with Crippen molar-refractivity contribution >= 4 is 23.2 Å². The van der Waals surface area contributed by atoms with Crippen molar-refractivity contribution in [1.29, 1.82) is 0 Å². The first-order valence-electron chi connectivity index (χ1n) is 17.9. The quantitative estimate of drug-likeness (QED) is 0.248.